The molecule has 25 heavy (non-hydrogen) atoms. The fourth-order valence-electron chi connectivity index (χ4n) is 3.17. The van der Waals surface area contributed by atoms with Gasteiger partial charge < -0.3 is 10.1 Å². The van der Waals surface area contributed by atoms with Crippen LogP contribution in [-0.4, -0.2) is 30.3 Å². The predicted octanol–water partition coefficient (Wildman–Crippen LogP) is 3.88. The molecule has 0 saturated heterocycles. The molecule has 1 aromatic carbocycles. The first-order valence-corrected chi connectivity index (χ1v) is 10.0. The molecule has 138 valence electrons. The number of esters is 1. The summed E-state index contributed by atoms with van der Waals surface area (Å²) in [5, 5.41) is 3.02. The van der Waals surface area contributed by atoms with Gasteiger partial charge in [0, 0.05) is 10.9 Å². The summed E-state index contributed by atoms with van der Waals surface area (Å²) in [5.41, 5.74) is 2.43. The lowest BCUT2D eigenvalue weighted by molar-refractivity contribution is -0.146. The smallest absolute Gasteiger partial charge is 0.316 e. The molecular formula is C20H29NO3S. The molecule has 3 atom stereocenters. The highest BCUT2D eigenvalue weighted by Gasteiger charge is 2.28. The number of amides is 1. The van der Waals surface area contributed by atoms with E-state index in [4.69, 9.17) is 4.74 Å². The summed E-state index contributed by atoms with van der Waals surface area (Å²) in [6, 6.07) is 6.30. The van der Waals surface area contributed by atoms with Crippen molar-refractivity contribution in [1.82, 2.24) is 5.32 Å². The van der Waals surface area contributed by atoms with Gasteiger partial charge in [-0.2, -0.15) is 0 Å². The topological polar surface area (TPSA) is 55.4 Å². The molecular weight excluding hydrogens is 334 g/mol. The lowest BCUT2D eigenvalue weighted by atomic mass is 9.78. The highest BCUT2D eigenvalue weighted by atomic mass is 32.2. The summed E-state index contributed by atoms with van der Waals surface area (Å²) in [5.74, 6) is 0.746. The Hall–Kier alpha value is -1.49. The third-order valence-corrected chi connectivity index (χ3v) is 6.22. The second-order valence-corrected chi connectivity index (χ2v) is 8.19. The van der Waals surface area contributed by atoms with Gasteiger partial charge in [-0.1, -0.05) is 32.8 Å². The van der Waals surface area contributed by atoms with E-state index in [9.17, 15) is 9.59 Å². The average Bonchev–Trinajstić information content (AvgIpc) is 2.58. The van der Waals surface area contributed by atoms with Crippen LogP contribution in [0.25, 0.3) is 0 Å². The molecule has 1 fully saturated rings. The highest BCUT2D eigenvalue weighted by Crippen LogP contribution is 2.29. The molecule has 1 aromatic rings. The van der Waals surface area contributed by atoms with E-state index in [-0.39, 0.29) is 30.3 Å². The van der Waals surface area contributed by atoms with Crippen molar-refractivity contribution < 1.29 is 14.3 Å². The van der Waals surface area contributed by atoms with Crippen molar-refractivity contribution >= 4 is 23.6 Å². The van der Waals surface area contributed by atoms with Crippen LogP contribution >= 0.6 is 11.8 Å². The maximum absolute atomic E-state index is 12.0. The van der Waals surface area contributed by atoms with E-state index in [1.807, 2.05) is 12.1 Å². The van der Waals surface area contributed by atoms with E-state index in [0.29, 0.717) is 11.8 Å². The highest BCUT2D eigenvalue weighted by molar-refractivity contribution is 8.00. The third kappa shape index (κ3) is 6.07. The van der Waals surface area contributed by atoms with Crippen molar-refractivity contribution in [3.8, 4) is 0 Å². The van der Waals surface area contributed by atoms with Gasteiger partial charge in [-0.15, -0.1) is 11.8 Å². The largest absolute Gasteiger partial charge is 0.455 e. The molecule has 1 saturated carbocycles. The van der Waals surface area contributed by atoms with Gasteiger partial charge in [-0.05, 0) is 55.4 Å². The average molecular weight is 364 g/mol. The van der Waals surface area contributed by atoms with Gasteiger partial charge in [-0.25, -0.2) is 0 Å². The van der Waals surface area contributed by atoms with Gasteiger partial charge in [0.15, 0.2) is 6.61 Å². The van der Waals surface area contributed by atoms with Crippen LogP contribution in [0.5, 0.6) is 0 Å². The zero-order valence-electron chi connectivity index (χ0n) is 15.6. The molecule has 1 N–H and O–H groups in total. The van der Waals surface area contributed by atoms with Crippen molar-refractivity contribution in [1.29, 1.82) is 0 Å². The lowest BCUT2D eigenvalue weighted by Gasteiger charge is -2.34. The second-order valence-electron chi connectivity index (χ2n) is 7.14. The van der Waals surface area contributed by atoms with Crippen LogP contribution in [0.3, 0.4) is 0 Å². The fraction of sp³-hybridized carbons (Fsp3) is 0.600. The number of nitrogens with one attached hydrogen (secondary N) is 1. The summed E-state index contributed by atoms with van der Waals surface area (Å²) in [6.07, 6.45) is 3.37. The Labute approximate surface area is 155 Å². The van der Waals surface area contributed by atoms with Crippen molar-refractivity contribution in [2.24, 2.45) is 11.8 Å². The summed E-state index contributed by atoms with van der Waals surface area (Å²) in [4.78, 5) is 24.9. The first kappa shape index (κ1) is 19.8. The zero-order chi connectivity index (χ0) is 18.4. The Morgan fingerprint density at radius 3 is 2.68 bits per heavy atom. The Morgan fingerprint density at radius 1 is 1.20 bits per heavy atom. The van der Waals surface area contributed by atoms with E-state index < -0.39 is 0 Å². The van der Waals surface area contributed by atoms with Crippen LogP contribution in [0.15, 0.2) is 23.1 Å². The van der Waals surface area contributed by atoms with Gasteiger partial charge in [0.2, 0.25) is 0 Å². The van der Waals surface area contributed by atoms with Gasteiger partial charge >= 0.3 is 5.97 Å². The number of ether oxygens (including phenoxy) is 1. The molecule has 0 heterocycles. The number of thioether (sulfide) groups is 1. The van der Waals surface area contributed by atoms with E-state index >= 15 is 0 Å². The normalized spacial score (nSPS) is 23.1. The number of benzene rings is 1. The molecule has 5 heteroatoms. The summed E-state index contributed by atoms with van der Waals surface area (Å²) >= 11 is 1.43. The van der Waals surface area contributed by atoms with Crippen molar-refractivity contribution in [2.75, 3.05) is 12.4 Å². The van der Waals surface area contributed by atoms with Crippen LogP contribution in [-0.2, 0) is 14.3 Å². The quantitative estimate of drug-likeness (QED) is 0.615. The number of hydrogen-bond acceptors (Lipinski definition) is 4. The fourth-order valence-corrected chi connectivity index (χ4v) is 3.96. The number of hydrogen-bond donors (Lipinski definition) is 1. The Bertz CT molecular complexity index is 617. The maximum Gasteiger partial charge on any atom is 0.316 e. The molecule has 4 nitrogen and oxygen atoms in total. The molecule has 1 aliphatic carbocycles. The molecule has 0 unspecified atom stereocenters. The number of aryl methyl sites for hydroxylation is 2. The Balaban J connectivity index is 1.70. The number of carbonyl (C=O) groups excluding carboxylic acids is 2. The van der Waals surface area contributed by atoms with Gasteiger partial charge in [0.05, 0.1) is 5.75 Å². The summed E-state index contributed by atoms with van der Waals surface area (Å²) in [6.45, 7) is 8.33. The van der Waals surface area contributed by atoms with Crippen LogP contribution in [0, 0.1) is 25.7 Å². The minimum atomic E-state index is -0.358. The molecule has 1 amide bonds. The maximum atomic E-state index is 12.0. The molecule has 0 aromatic heterocycles. The minimum Gasteiger partial charge on any atom is -0.455 e. The molecule has 2 rings (SSSR count). The van der Waals surface area contributed by atoms with Gasteiger partial charge in [0.1, 0.15) is 0 Å². The molecule has 0 aliphatic heterocycles. The van der Waals surface area contributed by atoms with Gasteiger partial charge in [-0.3, -0.25) is 9.59 Å². The monoisotopic (exact) mass is 363 g/mol. The van der Waals surface area contributed by atoms with Crippen molar-refractivity contribution in [3.63, 3.8) is 0 Å². The van der Waals surface area contributed by atoms with E-state index in [0.717, 1.165) is 17.7 Å². The predicted molar refractivity (Wildman–Crippen MR) is 102 cm³/mol. The Morgan fingerprint density at radius 2 is 1.96 bits per heavy atom. The van der Waals surface area contributed by atoms with E-state index in [1.54, 1.807) is 0 Å². The first-order valence-electron chi connectivity index (χ1n) is 9.02. The standard InChI is InChI=1S/C20H29NO3S/c1-13-8-9-17(10-15(13)3)25-12-20(23)24-11-19(22)21-18-7-5-6-14(2)16(18)4/h8-10,14,16,18H,5-7,11-12H2,1-4H3,(H,21,22)/t14-,16-,18-/m0/s1. The second kappa shape index (κ2) is 9.27. The lowest BCUT2D eigenvalue weighted by Crippen LogP contribution is -2.45. The van der Waals surface area contributed by atoms with Crippen LogP contribution in [0.1, 0.15) is 44.2 Å². The number of rotatable bonds is 6. The third-order valence-electron chi connectivity index (χ3n) is 5.25. The molecule has 0 spiro atoms. The van der Waals surface area contributed by atoms with Crippen LogP contribution in [0.2, 0.25) is 0 Å². The van der Waals surface area contributed by atoms with E-state index in [1.165, 1.54) is 29.3 Å². The Kier molecular flexibility index (Phi) is 7.36. The van der Waals surface area contributed by atoms with Gasteiger partial charge in [0.25, 0.3) is 5.91 Å². The number of carbonyl (C=O) groups is 2. The minimum absolute atomic E-state index is 0.191. The van der Waals surface area contributed by atoms with Crippen LogP contribution < -0.4 is 5.32 Å². The first-order chi connectivity index (χ1) is 11.9. The van der Waals surface area contributed by atoms with E-state index in [2.05, 4.69) is 39.1 Å². The zero-order valence-corrected chi connectivity index (χ0v) is 16.4. The van der Waals surface area contributed by atoms with Crippen LogP contribution in [0.4, 0.5) is 0 Å². The summed E-state index contributed by atoms with van der Waals surface area (Å²) < 4.78 is 5.11. The summed E-state index contributed by atoms with van der Waals surface area (Å²) in [7, 11) is 0. The molecule has 0 radical (unpaired) electrons. The van der Waals surface area contributed by atoms with Crippen molar-refractivity contribution in [2.45, 2.75) is 57.9 Å². The molecule has 0 bridgehead atoms. The SMILES string of the molecule is Cc1ccc(SCC(=O)OCC(=O)N[C@H]2CCC[C@H](C)[C@@H]2C)cc1C. The van der Waals surface area contributed by atoms with Crippen molar-refractivity contribution in [3.05, 3.63) is 29.3 Å². The molecule has 1 aliphatic rings.